The van der Waals surface area contributed by atoms with Crippen molar-refractivity contribution < 1.29 is 4.52 Å². The van der Waals surface area contributed by atoms with E-state index in [1.54, 1.807) is 11.3 Å². The summed E-state index contributed by atoms with van der Waals surface area (Å²) in [4.78, 5) is 13.9. The molecule has 3 aromatic rings. The number of rotatable bonds is 3. The molecule has 1 aliphatic rings. The van der Waals surface area contributed by atoms with Crippen molar-refractivity contribution in [3.63, 3.8) is 0 Å². The molecule has 0 N–H and O–H groups in total. The molecule has 1 fully saturated rings. The van der Waals surface area contributed by atoms with Crippen molar-refractivity contribution in [2.75, 3.05) is 31.1 Å². The summed E-state index contributed by atoms with van der Waals surface area (Å²) in [5, 5.41) is 5.12. The number of aromatic nitrogens is 3. The summed E-state index contributed by atoms with van der Waals surface area (Å²) in [7, 11) is 0. The van der Waals surface area contributed by atoms with Crippen molar-refractivity contribution in [1.82, 2.24) is 20.0 Å². The molecule has 1 aromatic carbocycles. The van der Waals surface area contributed by atoms with Gasteiger partial charge < -0.3 is 9.42 Å². The van der Waals surface area contributed by atoms with E-state index in [-0.39, 0.29) is 0 Å². The van der Waals surface area contributed by atoms with Crippen molar-refractivity contribution in [3.05, 3.63) is 36.0 Å². The summed E-state index contributed by atoms with van der Waals surface area (Å²) < 4.78 is 6.31. The molecule has 0 aliphatic carbocycles. The lowest BCUT2D eigenvalue weighted by atomic mass is 10.3. The third-order valence-electron chi connectivity index (χ3n) is 4.08. The quantitative estimate of drug-likeness (QED) is 0.736. The second-order valence-corrected chi connectivity index (χ2v) is 6.82. The first-order valence-electron chi connectivity index (χ1n) is 7.90. The lowest BCUT2D eigenvalue weighted by Crippen LogP contribution is -2.30. The monoisotopic (exact) mass is 329 g/mol. The minimum absolute atomic E-state index is 0.630. The maximum atomic E-state index is 5.05. The SMILES string of the molecule is Cc1nc(CN2CCCN(c3nc4ccccc4s3)CC2)no1. The Balaban J connectivity index is 1.44. The fourth-order valence-corrected chi connectivity index (χ4v) is 3.94. The van der Waals surface area contributed by atoms with Gasteiger partial charge in [-0.2, -0.15) is 4.98 Å². The Labute approximate surface area is 138 Å². The van der Waals surface area contributed by atoms with Gasteiger partial charge in [0, 0.05) is 33.1 Å². The van der Waals surface area contributed by atoms with Gasteiger partial charge in [-0.1, -0.05) is 28.6 Å². The molecule has 0 amide bonds. The van der Waals surface area contributed by atoms with Crippen LogP contribution in [-0.2, 0) is 6.54 Å². The molecule has 0 bridgehead atoms. The highest BCUT2D eigenvalue weighted by Gasteiger charge is 2.19. The number of para-hydroxylation sites is 1. The van der Waals surface area contributed by atoms with Gasteiger partial charge in [0.05, 0.1) is 16.8 Å². The van der Waals surface area contributed by atoms with Crippen LogP contribution in [0, 0.1) is 6.92 Å². The molecule has 23 heavy (non-hydrogen) atoms. The van der Waals surface area contributed by atoms with Gasteiger partial charge in [-0.15, -0.1) is 0 Å². The first-order chi connectivity index (χ1) is 11.3. The molecule has 1 aliphatic heterocycles. The highest BCUT2D eigenvalue weighted by molar-refractivity contribution is 7.22. The Morgan fingerprint density at radius 2 is 2.04 bits per heavy atom. The predicted octanol–water partition coefficient (Wildman–Crippen LogP) is 2.70. The smallest absolute Gasteiger partial charge is 0.223 e. The molecule has 0 atom stereocenters. The number of hydrogen-bond acceptors (Lipinski definition) is 7. The van der Waals surface area contributed by atoms with Gasteiger partial charge in [-0.05, 0) is 18.6 Å². The van der Waals surface area contributed by atoms with E-state index in [0.717, 1.165) is 55.6 Å². The van der Waals surface area contributed by atoms with E-state index >= 15 is 0 Å². The van der Waals surface area contributed by atoms with Crippen molar-refractivity contribution in [2.24, 2.45) is 0 Å². The molecular formula is C16H19N5OS. The van der Waals surface area contributed by atoms with Crippen molar-refractivity contribution in [1.29, 1.82) is 0 Å². The number of benzene rings is 1. The van der Waals surface area contributed by atoms with Crippen molar-refractivity contribution >= 4 is 26.7 Å². The average Bonchev–Trinajstić information content (AvgIpc) is 3.08. The second-order valence-electron chi connectivity index (χ2n) is 5.81. The lowest BCUT2D eigenvalue weighted by Gasteiger charge is -2.20. The first kappa shape index (κ1) is 14.6. The van der Waals surface area contributed by atoms with Gasteiger partial charge in [0.1, 0.15) is 0 Å². The fraction of sp³-hybridized carbons (Fsp3) is 0.438. The summed E-state index contributed by atoms with van der Waals surface area (Å²) >= 11 is 1.78. The van der Waals surface area contributed by atoms with E-state index in [1.165, 1.54) is 4.70 Å². The molecule has 7 heteroatoms. The lowest BCUT2D eigenvalue weighted by molar-refractivity contribution is 0.272. The Morgan fingerprint density at radius 3 is 2.87 bits per heavy atom. The molecule has 6 nitrogen and oxygen atoms in total. The molecule has 1 saturated heterocycles. The van der Waals surface area contributed by atoms with Crippen LogP contribution in [0.25, 0.3) is 10.2 Å². The van der Waals surface area contributed by atoms with Gasteiger partial charge >= 0.3 is 0 Å². The Kier molecular flexibility index (Phi) is 3.97. The van der Waals surface area contributed by atoms with Crippen LogP contribution in [0.4, 0.5) is 5.13 Å². The van der Waals surface area contributed by atoms with Crippen LogP contribution in [0.5, 0.6) is 0 Å². The Bertz CT molecular complexity index is 765. The van der Waals surface area contributed by atoms with E-state index in [0.29, 0.717) is 5.89 Å². The van der Waals surface area contributed by atoms with Crippen LogP contribution in [-0.4, -0.2) is 46.2 Å². The molecule has 3 heterocycles. The summed E-state index contributed by atoms with van der Waals surface area (Å²) in [5.74, 6) is 1.40. The molecule has 0 saturated carbocycles. The molecule has 120 valence electrons. The maximum Gasteiger partial charge on any atom is 0.223 e. The van der Waals surface area contributed by atoms with Crippen molar-refractivity contribution in [2.45, 2.75) is 19.9 Å². The van der Waals surface area contributed by atoms with E-state index in [1.807, 2.05) is 13.0 Å². The first-order valence-corrected chi connectivity index (χ1v) is 8.72. The Hall–Kier alpha value is -1.99. The van der Waals surface area contributed by atoms with Crippen LogP contribution < -0.4 is 4.90 Å². The van der Waals surface area contributed by atoms with Gasteiger partial charge in [0.2, 0.25) is 5.89 Å². The largest absolute Gasteiger partial charge is 0.347 e. The zero-order chi connectivity index (χ0) is 15.6. The van der Waals surface area contributed by atoms with Gasteiger partial charge in [-0.25, -0.2) is 4.98 Å². The standard InChI is InChI=1S/C16H19N5OS/c1-12-17-15(19-22-12)11-20-7-4-8-21(10-9-20)16-18-13-5-2-3-6-14(13)23-16/h2-3,5-6H,4,7-11H2,1H3. The summed E-state index contributed by atoms with van der Waals surface area (Å²) in [6.45, 7) is 6.65. The molecule has 0 radical (unpaired) electrons. The predicted molar refractivity (Wildman–Crippen MR) is 90.8 cm³/mol. The zero-order valence-corrected chi connectivity index (χ0v) is 13.9. The highest BCUT2D eigenvalue weighted by Crippen LogP contribution is 2.29. The zero-order valence-electron chi connectivity index (χ0n) is 13.1. The van der Waals surface area contributed by atoms with Crippen LogP contribution in [0.15, 0.2) is 28.8 Å². The van der Waals surface area contributed by atoms with Crippen LogP contribution >= 0.6 is 11.3 Å². The summed E-state index contributed by atoms with van der Waals surface area (Å²) in [6.07, 6.45) is 1.12. The molecule has 0 spiro atoms. The minimum atomic E-state index is 0.630. The normalized spacial score (nSPS) is 16.8. The third-order valence-corrected chi connectivity index (χ3v) is 5.17. The second kappa shape index (κ2) is 6.25. The third kappa shape index (κ3) is 3.20. The van der Waals surface area contributed by atoms with Crippen LogP contribution in [0.2, 0.25) is 0 Å². The average molecular weight is 329 g/mol. The number of thiazole rings is 1. The fourth-order valence-electron chi connectivity index (χ4n) is 2.92. The van der Waals surface area contributed by atoms with E-state index < -0.39 is 0 Å². The van der Waals surface area contributed by atoms with Gasteiger partial charge in [-0.3, -0.25) is 4.90 Å². The number of fused-ring (bicyclic) bond motifs is 1. The van der Waals surface area contributed by atoms with E-state index in [4.69, 9.17) is 9.51 Å². The summed E-state index contributed by atoms with van der Waals surface area (Å²) in [5.41, 5.74) is 1.09. The highest BCUT2D eigenvalue weighted by atomic mass is 32.1. The minimum Gasteiger partial charge on any atom is -0.347 e. The topological polar surface area (TPSA) is 58.3 Å². The van der Waals surface area contributed by atoms with E-state index in [2.05, 4.69) is 38.1 Å². The maximum absolute atomic E-state index is 5.05. The molecule has 0 unspecified atom stereocenters. The number of anilines is 1. The van der Waals surface area contributed by atoms with Gasteiger partial charge in [0.15, 0.2) is 11.0 Å². The molecule has 4 rings (SSSR count). The van der Waals surface area contributed by atoms with Crippen LogP contribution in [0.1, 0.15) is 18.1 Å². The Morgan fingerprint density at radius 1 is 1.13 bits per heavy atom. The van der Waals surface area contributed by atoms with E-state index in [9.17, 15) is 0 Å². The molecular weight excluding hydrogens is 310 g/mol. The summed E-state index contributed by atoms with van der Waals surface area (Å²) in [6, 6.07) is 8.33. The molecule has 2 aromatic heterocycles. The number of nitrogens with zero attached hydrogens (tertiary/aromatic N) is 5. The van der Waals surface area contributed by atoms with Crippen LogP contribution in [0.3, 0.4) is 0 Å². The number of hydrogen-bond donors (Lipinski definition) is 0. The van der Waals surface area contributed by atoms with Gasteiger partial charge in [0.25, 0.3) is 0 Å². The van der Waals surface area contributed by atoms with Crippen molar-refractivity contribution in [3.8, 4) is 0 Å². The number of aryl methyl sites for hydroxylation is 1.